The molecule has 1 saturated carbocycles. The van der Waals surface area contributed by atoms with Crippen molar-refractivity contribution >= 4 is 17.2 Å². The minimum absolute atomic E-state index is 0.0197. The number of methoxy groups -OCH3 is 1. The Morgan fingerprint density at radius 1 is 1.57 bits per heavy atom. The number of thiazole rings is 1. The maximum atomic E-state index is 12.2. The van der Waals surface area contributed by atoms with Crippen molar-refractivity contribution in [3.8, 4) is 0 Å². The quantitative estimate of drug-likeness (QED) is 0.876. The Hall–Kier alpha value is -0.980. The lowest BCUT2D eigenvalue weighted by Gasteiger charge is -2.24. The normalized spacial score (nSPS) is 18.7. The van der Waals surface area contributed by atoms with Crippen molar-refractivity contribution in [2.45, 2.75) is 57.3 Å². The first-order valence-electron chi connectivity index (χ1n) is 7.37. The summed E-state index contributed by atoms with van der Waals surface area (Å²) >= 11 is 1.54. The summed E-state index contributed by atoms with van der Waals surface area (Å²) in [6.07, 6.45) is 3.69. The molecular weight excluding hydrogens is 288 g/mol. The highest BCUT2D eigenvalue weighted by Crippen LogP contribution is 2.32. The van der Waals surface area contributed by atoms with E-state index in [0.717, 1.165) is 36.4 Å². The molecule has 1 fully saturated rings. The van der Waals surface area contributed by atoms with Gasteiger partial charge in [-0.25, -0.2) is 4.98 Å². The highest BCUT2D eigenvalue weighted by atomic mass is 32.1. The van der Waals surface area contributed by atoms with Gasteiger partial charge in [0, 0.05) is 19.5 Å². The molecule has 0 radical (unpaired) electrons. The van der Waals surface area contributed by atoms with Crippen molar-refractivity contribution in [2.75, 3.05) is 14.2 Å². The van der Waals surface area contributed by atoms with Crippen LogP contribution in [0.25, 0.3) is 0 Å². The lowest BCUT2D eigenvalue weighted by atomic mass is 9.97. The van der Waals surface area contributed by atoms with E-state index in [1.165, 1.54) is 0 Å². The summed E-state index contributed by atoms with van der Waals surface area (Å²) in [5.74, 6) is -0.0197. The summed E-state index contributed by atoms with van der Waals surface area (Å²) in [5, 5.41) is 13.2. The van der Waals surface area contributed by atoms with Gasteiger partial charge in [0.05, 0.1) is 24.3 Å². The van der Waals surface area contributed by atoms with Crippen LogP contribution in [-0.4, -0.2) is 40.7 Å². The van der Waals surface area contributed by atoms with Crippen LogP contribution in [0.15, 0.2) is 5.38 Å². The van der Waals surface area contributed by atoms with E-state index in [4.69, 9.17) is 4.74 Å². The van der Waals surface area contributed by atoms with Crippen molar-refractivity contribution < 1.29 is 14.6 Å². The van der Waals surface area contributed by atoms with Crippen molar-refractivity contribution in [1.29, 1.82) is 0 Å². The van der Waals surface area contributed by atoms with Gasteiger partial charge in [0.2, 0.25) is 5.91 Å². The monoisotopic (exact) mass is 312 g/mol. The van der Waals surface area contributed by atoms with Crippen molar-refractivity contribution in [1.82, 2.24) is 9.88 Å². The lowest BCUT2D eigenvalue weighted by molar-refractivity contribution is -0.135. The summed E-state index contributed by atoms with van der Waals surface area (Å²) in [6, 6.07) is 0. The van der Waals surface area contributed by atoms with Crippen LogP contribution in [0.3, 0.4) is 0 Å². The Labute approximate surface area is 129 Å². The van der Waals surface area contributed by atoms with E-state index in [1.54, 1.807) is 30.4 Å². The fraction of sp³-hybridized carbons (Fsp3) is 0.733. The Kier molecular flexibility index (Phi) is 5.35. The third kappa shape index (κ3) is 4.25. The van der Waals surface area contributed by atoms with Gasteiger partial charge < -0.3 is 14.7 Å². The zero-order valence-corrected chi connectivity index (χ0v) is 13.8. The molecule has 2 rings (SSSR count). The molecule has 1 aliphatic rings. The second-order valence-corrected chi connectivity index (χ2v) is 6.80. The molecule has 0 aliphatic heterocycles. The van der Waals surface area contributed by atoms with Gasteiger partial charge in [-0.3, -0.25) is 4.79 Å². The number of rotatable bonds is 6. The summed E-state index contributed by atoms with van der Waals surface area (Å²) in [7, 11) is 3.42. The molecule has 1 unspecified atom stereocenters. The van der Waals surface area contributed by atoms with E-state index in [2.05, 4.69) is 4.98 Å². The van der Waals surface area contributed by atoms with Crippen LogP contribution in [0.2, 0.25) is 0 Å². The fourth-order valence-corrected chi connectivity index (χ4v) is 3.48. The number of aliphatic hydroxyl groups is 1. The largest absolute Gasteiger partial charge is 0.389 e. The molecule has 1 aliphatic carbocycles. The number of amides is 1. The van der Waals surface area contributed by atoms with E-state index in [-0.39, 0.29) is 18.4 Å². The van der Waals surface area contributed by atoms with Gasteiger partial charge >= 0.3 is 0 Å². The topological polar surface area (TPSA) is 62.7 Å². The minimum Gasteiger partial charge on any atom is -0.389 e. The predicted molar refractivity (Wildman–Crippen MR) is 82.0 cm³/mol. The zero-order valence-electron chi connectivity index (χ0n) is 13.0. The molecule has 0 spiro atoms. The van der Waals surface area contributed by atoms with Gasteiger partial charge in [0.15, 0.2) is 0 Å². The molecule has 1 heterocycles. The highest BCUT2D eigenvalue weighted by molar-refractivity contribution is 7.09. The van der Waals surface area contributed by atoms with Crippen LogP contribution in [-0.2, 0) is 16.1 Å². The smallest absolute Gasteiger partial charge is 0.225 e. The second kappa shape index (κ2) is 6.85. The Bertz CT molecular complexity index is 483. The van der Waals surface area contributed by atoms with E-state index in [1.807, 2.05) is 12.3 Å². The van der Waals surface area contributed by atoms with E-state index in [9.17, 15) is 9.90 Å². The summed E-state index contributed by atoms with van der Waals surface area (Å²) in [5.41, 5.74) is 0.0801. The molecule has 118 valence electrons. The van der Waals surface area contributed by atoms with Crippen LogP contribution in [0.4, 0.5) is 0 Å². The van der Waals surface area contributed by atoms with Gasteiger partial charge in [0.1, 0.15) is 11.1 Å². The fourth-order valence-electron chi connectivity index (χ4n) is 2.64. The molecule has 1 amide bonds. The number of aromatic nitrogens is 1. The summed E-state index contributed by atoms with van der Waals surface area (Å²) in [6.45, 7) is 2.43. The van der Waals surface area contributed by atoms with Crippen molar-refractivity contribution in [3.05, 3.63) is 16.1 Å². The first-order chi connectivity index (χ1) is 9.93. The number of hydrogen-bond acceptors (Lipinski definition) is 5. The molecule has 1 N–H and O–H groups in total. The molecule has 0 saturated heterocycles. The van der Waals surface area contributed by atoms with E-state index < -0.39 is 5.60 Å². The van der Waals surface area contributed by atoms with Crippen LogP contribution in [0.1, 0.15) is 55.8 Å². The maximum Gasteiger partial charge on any atom is 0.225 e. The molecule has 1 atom stereocenters. The van der Waals surface area contributed by atoms with Crippen LogP contribution in [0, 0.1) is 0 Å². The number of hydrogen-bond donors (Lipinski definition) is 1. The molecule has 0 bridgehead atoms. The molecule has 21 heavy (non-hydrogen) atoms. The molecule has 1 aromatic rings. The van der Waals surface area contributed by atoms with E-state index >= 15 is 0 Å². The number of carbonyl (C=O) groups is 1. The second-order valence-electron chi connectivity index (χ2n) is 5.91. The number of carbonyl (C=O) groups excluding carboxylic acids is 1. The average molecular weight is 312 g/mol. The first kappa shape index (κ1) is 16.4. The van der Waals surface area contributed by atoms with E-state index in [0.29, 0.717) is 6.54 Å². The van der Waals surface area contributed by atoms with Crippen molar-refractivity contribution in [3.63, 3.8) is 0 Å². The third-order valence-corrected chi connectivity index (χ3v) is 5.16. The highest BCUT2D eigenvalue weighted by Gasteiger charge is 2.34. The first-order valence-corrected chi connectivity index (χ1v) is 8.25. The molecule has 6 heteroatoms. The average Bonchev–Trinajstić information content (AvgIpc) is 3.07. The molecule has 1 aromatic heterocycles. The van der Waals surface area contributed by atoms with Crippen molar-refractivity contribution in [2.24, 2.45) is 0 Å². The van der Waals surface area contributed by atoms with Crippen LogP contribution in [0.5, 0.6) is 0 Å². The SMILES string of the molecule is COC(C)c1nc(CN(C)C(=O)CC2(O)CCCC2)cs1. The number of nitrogens with zero attached hydrogens (tertiary/aromatic N) is 2. The Morgan fingerprint density at radius 3 is 2.86 bits per heavy atom. The Balaban J connectivity index is 1.89. The minimum atomic E-state index is -0.789. The summed E-state index contributed by atoms with van der Waals surface area (Å²) < 4.78 is 5.24. The summed E-state index contributed by atoms with van der Waals surface area (Å²) in [4.78, 5) is 18.4. The predicted octanol–water partition coefficient (Wildman–Crippen LogP) is 2.50. The van der Waals surface area contributed by atoms with Crippen LogP contribution < -0.4 is 0 Å². The van der Waals surface area contributed by atoms with Crippen LogP contribution >= 0.6 is 11.3 Å². The molecule has 0 aromatic carbocycles. The zero-order chi connectivity index (χ0) is 15.5. The Morgan fingerprint density at radius 2 is 2.24 bits per heavy atom. The lowest BCUT2D eigenvalue weighted by Crippen LogP contribution is -2.35. The van der Waals surface area contributed by atoms with Gasteiger partial charge in [0.25, 0.3) is 0 Å². The van der Waals surface area contributed by atoms with Gasteiger partial charge in [-0.15, -0.1) is 11.3 Å². The van der Waals surface area contributed by atoms with Gasteiger partial charge in [-0.2, -0.15) is 0 Å². The maximum absolute atomic E-state index is 12.2. The molecule has 5 nitrogen and oxygen atoms in total. The van der Waals surface area contributed by atoms with Gasteiger partial charge in [-0.05, 0) is 19.8 Å². The standard InChI is InChI=1S/C15H24N2O3S/c1-11(20-3)14-16-12(10-21-14)9-17(2)13(18)8-15(19)6-4-5-7-15/h10-11,19H,4-9H2,1-3H3. The molecular formula is C15H24N2O3S. The number of ether oxygens (including phenoxy) is 1. The van der Waals surface area contributed by atoms with Gasteiger partial charge in [-0.1, -0.05) is 12.8 Å². The third-order valence-electron chi connectivity index (χ3n) is 4.11.